The number of hydrogen-bond donors (Lipinski definition) is 1. The number of nitrogens with one attached hydrogen (secondary N) is 1. The van der Waals surface area contributed by atoms with Crippen LogP contribution in [-0.4, -0.2) is 34.8 Å². The predicted octanol–water partition coefficient (Wildman–Crippen LogP) is 1.43. The third kappa shape index (κ3) is 2.52. The molecule has 0 aliphatic carbocycles. The number of anilines is 1. The van der Waals surface area contributed by atoms with E-state index in [1.807, 2.05) is 18.2 Å². The number of carbonyl (C=O) groups excluding carboxylic acids is 1. The van der Waals surface area contributed by atoms with Gasteiger partial charge in [0.2, 0.25) is 0 Å². The molecule has 0 saturated carbocycles. The molecule has 1 fully saturated rings. The molecule has 0 radical (unpaired) electrons. The fourth-order valence-corrected chi connectivity index (χ4v) is 2.61. The van der Waals surface area contributed by atoms with Crippen LogP contribution < -0.4 is 10.2 Å². The standard InChI is InChI=1S/C15H18N4O/c1-18-14(7-9-16-18)15(20)17-12-8-10-19(11-12)13-5-3-2-4-6-13/h2-7,9,12H,8,10-11H2,1H3,(H,17,20). The lowest BCUT2D eigenvalue weighted by Gasteiger charge is -2.18. The lowest BCUT2D eigenvalue weighted by atomic mass is 10.2. The van der Waals surface area contributed by atoms with Crippen molar-refractivity contribution in [3.8, 4) is 0 Å². The van der Waals surface area contributed by atoms with Crippen LogP contribution in [0.4, 0.5) is 5.69 Å². The lowest BCUT2D eigenvalue weighted by molar-refractivity contribution is 0.0931. The van der Waals surface area contributed by atoms with Crippen molar-refractivity contribution < 1.29 is 4.79 Å². The number of nitrogens with zero attached hydrogens (tertiary/aromatic N) is 3. The van der Waals surface area contributed by atoms with Crippen LogP contribution in [0.15, 0.2) is 42.6 Å². The number of carbonyl (C=O) groups is 1. The summed E-state index contributed by atoms with van der Waals surface area (Å²) in [6.07, 6.45) is 2.61. The van der Waals surface area contributed by atoms with Crippen molar-refractivity contribution in [3.05, 3.63) is 48.3 Å². The van der Waals surface area contributed by atoms with Gasteiger partial charge >= 0.3 is 0 Å². The van der Waals surface area contributed by atoms with E-state index in [1.54, 1.807) is 24.0 Å². The van der Waals surface area contributed by atoms with E-state index < -0.39 is 0 Å². The Hall–Kier alpha value is -2.30. The largest absolute Gasteiger partial charge is 0.369 e. The third-order valence-electron chi connectivity index (χ3n) is 3.70. The molecule has 2 heterocycles. The molecule has 5 nitrogen and oxygen atoms in total. The zero-order valence-electron chi connectivity index (χ0n) is 11.5. The maximum absolute atomic E-state index is 12.1. The average Bonchev–Trinajstić information content (AvgIpc) is 3.09. The Kier molecular flexibility index (Phi) is 3.41. The van der Waals surface area contributed by atoms with Crippen molar-refractivity contribution in [2.45, 2.75) is 12.5 Å². The van der Waals surface area contributed by atoms with Gasteiger partial charge in [-0.25, -0.2) is 0 Å². The highest BCUT2D eigenvalue weighted by Crippen LogP contribution is 2.19. The fraction of sp³-hybridized carbons (Fsp3) is 0.333. The van der Waals surface area contributed by atoms with E-state index in [4.69, 9.17) is 0 Å². The molecule has 1 N–H and O–H groups in total. The van der Waals surface area contributed by atoms with Gasteiger partial charge in [-0.05, 0) is 24.6 Å². The minimum atomic E-state index is -0.0510. The van der Waals surface area contributed by atoms with Gasteiger partial charge in [-0.3, -0.25) is 9.48 Å². The predicted molar refractivity (Wildman–Crippen MR) is 77.7 cm³/mol. The van der Waals surface area contributed by atoms with Crippen LogP contribution in [0.25, 0.3) is 0 Å². The first-order valence-corrected chi connectivity index (χ1v) is 6.83. The van der Waals surface area contributed by atoms with E-state index >= 15 is 0 Å². The van der Waals surface area contributed by atoms with Gasteiger partial charge in [0.15, 0.2) is 0 Å². The summed E-state index contributed by atoms with van der Waals surface area (Å²) < 4.78 is 1.60. The first kappa shape index (κ1) is 12.7. The van der Waals surface area contributed by atoms with Crippen LogP contribution >= 0.6 is 0 Å². The Bertz CT molecular complexity index is 593. The number of rotatable bonds is 3. The smallest absolute Gasteiger partial charge is 0.269 e. The van der Waals surface area contributed by atoms with Crippen LogP contribution in [-0.2, 0) is 7.05 Å². The number of benzene rings is 1. The second-order valence-corrected chi connectivity index (χ2v) is 5.08. The van der Waals surface area contributed by atoms with Crippen molar-refractivity contribution in [2.75, 3.05) is 18.0 Å². The molecule has 20 heavy (non-hydrogen) atoms. The van der Waals surface area contributed by atoms with Crippen LogP contribution in [0.5, 0.6) is 0 Å². The lowest BCUT2D eigenvalue weighted by Crippen LogP contribution is -2.37. The Morgan fingerprint density at radius 2 is 2.10 bits per heavy atom. The SMILES string of the molecule is Cn1nccc1C(=O)NC1CCN(c2ccccc2)C1. The minimum Gasteiger partial charge on any atom is -0.369 e. The van der Waals surface area contributed by atoms with Crippen LogP contribution in [0.3, 0.4) is 0 Å². The second kappa shape index (κ2) is 5.36. The van der Waals surface area contributed by atoms with Gasteiger partial charge < -0.3 is 10.2 Å². The van der Waals surface area contributed by atoms with Gasteiger partial charge in [-0.1, -0.05) is 18.2 Å². The summed E-state index contributed by atoms with van der Waals surface area (Å²) in [5, 5.41) is 7.10. The molecule has 0 bridgehead atoms. The molecule has 1 atom stereocenters. The number of aromatic nitrogens is 2. The van der Waals surface area contributed by atoms with Crippen molar-refractivity contribution in [1.82, 2.24) is 15.1 Å². The zero-order chi connectivity index (χ0) is 13.9. The molecular weight excluding hydrogens is 252 g/mol. The highest BCUT2D eigenvalue weighted by atomic mass is 16.2. The van der Waals surface area contributed by atoms with E-state index in [0.717, 1.165) is 19.5 Å². The van der Waals surface area contributed by atoms with Gasteiger partial charge in [0.1, 0.15) is 5.69 Å². The third-order valence-corrected chi connectivity index (χ3v) is 3.70. The Labute approximate surface area is 118 Å². The van der Waals surface area contributed by atoms with Crippen LogP contribution in [0, 0.1) is 0 Å². The summed E-state index contributed by atoms with van der Waals surface area (Å²) >= 11 is 0. The molecule has 1 saturated heterocycles. The first-order chi connectivity index (χ1) is 9.74. The maximum Gasteiger partial charge on any atom is 0.269 e. The van der Waals surface area contributed by atoms with E-state index in [-0.39, 0.29) is 11.9 Å². The van der Waals surface area contributed by atoms with Gasteiger partial charge in [0.25, 0.3) is 5.91 Å². The summed E-state index contributed by atoms with van der Waals surface area (Å²) in [5.41, 5.74) is 1.81. The Morgan fingerprint density at radius 1 is 1.30 bits per heavy atom. The summed E-state index contributed by atoms with van der Waals surface area (Å²) in [6, 6.07) is 12.2. The van der Waals surface area contributed by atoms with E-state index in [1.165, 1.54) is 5.69 Å². The average molecular weight is 270 g/mol. The summed E-state index contributed by atoms with van der Waals surface area (Å²) in [5.74, 6) is -0.0510. The van der Waals surface area contributed by atoms with Crippen molar-refractivity contribution >= 4 is 11.6 Å². The molecule has 104 valence electrons. The highest BCUT2D eigenvalue weighted by Gasteiger charge is 2.24. The summed E-state index contributed by atoms with van der Waals surface area (Å²) in [6.45, 7) is 1.83. The normalized spacial score (nSPS) is 18.2. The van der Waals surface area contributed by atoms with Crippen LogP contribution in [0.2, 0.25) is 0 Å². The van der Waals surface area contributed by atoms with Gasteiger partial charge in [0, 0.05) is 38.1 Å². The summed E-state index contributed by atoms with van der Waals surface area (Å²) in [4.78, 5) is 14.4. The second-order valence-electron chi connectivity index (χ2n) is 5.08. The molecule has 2 aromatic rings. The van der Waals surface area contributed by atoms with Crippen molar-refractivity contribution in [2.24, 2.45) is 7.05 Å². The minimum absolute atomic E-state index is 0.0510. The molecule has 1 aromatic heterocycles. The van der Waals surface area contributed by atoms with Crippen molar-refractivity contribution in [3.63, 3.8) is 0 Å². The number of amides is 1. The first-order valence-electron chi connectivity index (χ1n) is 6.83. The maximum atomic E-state index is 12.1. The molecule has 1 aliphatic rings. The van der Waals surface area contributed by atoms with Crippen molar-refractivity contribution in [1.29, 1.82) is 0 Å². The van der Waals surface area contributed by atoms with E-state index in [2.05, 4.69) is 27.4 Å². The zero-order valence-corrected chi connectivity index (χ0v) is 11.5. The fourth-order valence-electron chi connectivity index (χ4n) is 2.61. The molecule has 1 aromatic carbocycles. The topological polar surface area (TPSA) is 50.2 Å². The van der Waals surface area contributed by atoms with Gasteiger partial charge in [-0.2, -0.15) is 5.10 Å². The van der Waals surface area contributed by atoms with Gasteiger partial charge in [-0.15, -0.1) is 0 Å². The molecular formula is C15H18N4O. The molecule has 0 spiro atoms. The van der Waals surface area contributed by atoms with E-state index in [9.17, 15) is 4.79 Å². The van der Waals surface area contributed by atoms with Gasteiger partial charge in [0.05, 0.1) is 0 Å². The number of hydrogen-bond acceptors (Lipinski definition) is 3. The number of aryl methyl sites for hydroxylation is 1. The Morgan fingerprint density at radius 3 is 2.80 bits per heavy atom. The molecule has 1 aliphatic heterocycles. The molecule has 3 rings (SSSR count). The molecule has 5 heteroatoms. The molecule has 1 amide bonds. The molecule has 1 unspecified atom stereocenters. The quantitative estimate of drug-likeness (QED) is 0.918. The van der Waals surface area contributed by atoms with E-state index in [0.29, 0.717) is 5.69 Å². The summed E-state index contributed by atoms with van der Waals surface area (Å²) in [7, 11) is 1.78. The highest BCUT2D eigenvalue weighted by molar-refractivity contribution is 5.92. The van der Waals surface area contributed by atoms with Crippen LogP contribution in [0.1, 0.15) is 16.9 Å². The monoisotopic (exact) mass is 270 g/mol. The Balaban J connectivity index is 1.61. The number of para-hydroxylation sites is 1.